The lowest BCUT2D eigenvalue weighted by Crippen LogP contribution is -2.23. The number of esters is 1. The lowest BCUT2D eigenvalue weighted by molar-refractivity contribution is -0.149. The Balaban J connectivity index is 1.34. The molecule has 0 radical (unpaired) electrons. The molecular weight excluding hydrogens is 402 g/mol. The highest BCUT2D eigenvalue weighted by Crippen LogP contribution is 2.28. The van der Waals surface area contributed by atoms with Crippen LogP contribution >= 0.6 is 0 Å². The van der Waals surface area contributed by atoms with Gasteiger partial charge in [-0.2, -0.15) is 0 Å². The van der Waals surface area contributed by atoms with Crippen molar-refractivity contribution < 1.29 is 19.1 Å². The molecule has 1 N–H and O–H groups in total. The van der Waals surface area contributed by atoms with E-state index >= 15 is 0 Å². The first kappa shape index (κ1) is 20.1. The van der Waals surface area contributed by atoms with Gasteiger partial charge >= 0.3 is 5.97 Å². The van der Waals surface area contributed by atoms with Gasteiger partial charge in [0.05, 0.1) is 0 Å². The lowest BCUT2D eigenvalue weighted by atomic mass is 9.99. The number of H-pyrrole nitrogens is 1. The molecule has 1 heterocycles. The van der Waals surface area contributed by atoms with Crippen molar-refractivity contribution in [1.29, 1.82) is 0 Å². The molecule has 5 rings (SSSR count). The van der Waals surface area contributed by atoms with E-state index in [0.717, 1.165) is 30.2 Å². The minimum atomic E-state index is -1.05. The Labute approximate surface area is 186 Å². The maximum absolute atomic E-state index is 13.4. The molecule has 0 saturated carbocycles. The number of Topliss-reactive ketones (excluding diaryl/α,β-unsaturated/α-hetero) is 1. The van der Waals surface area contributed by atoms with E-state index in [1.165, 1.54) is 11.1 Å². The quantitative estimate of drug-likeness (QED) is 0.326. The van der Waals surface area contributed by atoms with Gasteiger partial charge in [-0.25, -0.2) is 4.79 Å². The highest BCUT2D eigenvalue weighted by molar-refractivity contribution is 6.10. The first-order chi connectivity index (χ1) is 15.7. The van der Waals surface area contributed by atoms with E-state index in [-0.39, 0.29) is 12.4 Å². The van der Waals surface area contributed by atoms with E-state index in [0.29, 0.717) is 16.9 Å². The van der Waals surface area contributed by atoms with Gasteiger partial charge in [0.1, 0.15) is 5.75 Å². The van der Waals surface area contributed by atoms with Gasteiger partial charge in [-0.3, -0.25) is 4.79 Å². The van der Waals surface area contributed by atoms with Crippen LogP contribution in [0.25, 0.3) is 10.9 Å². The maximum atomic E-state index is 13.4. The summed E-state index contributed by atoms with van der Waals surface area (Å²) in [7, 11) is 0. The number of hydrogen-bond acceptors (Lipinski definition) is 4. The van der Waals surface area contributed by atoms with Gasteiger partial charge in [-0.15, -0.1) is 0 Å². The second-order valence-corrected chi connectivity index (χ2v) is 7.97. The van der Waals surface area contributed by atoms with Crippen molar-refractivity contribution in [3.8, 4) is 5.75 Å². The van der Waals surface area contributed by atoms with Crippen molar-refractivity contribution in [2.45, 2.75) is 25.4 Å². The summed E-state index contributed by atoms with van der Waals surface area (Å²) in [6.45, 7) is -0.261. The Morgan fingerprint density at radius 3 is 2.56 bits per heavy atom. The minimum absolute atomic E-state index is 0.261. The number of hydrogen-bond donors (Lipinski definition) is 1. The summed E-state index contributed by atoms with van der Waals surface area (Å²) in [5.41, 5.74) is 4.57. The Kier molecular flexibility index (Phi) is 5.46. The molecule has 160 valence electrons. The molecule has 5 nitrogen and oxygen atoms in total. The van der Waals surface area contributed by atoms with Crippen molar-refractivity contribution in [2.75, 3.05) is 6.61 Å². The topological polar surface area (TPSA) is 68.4 Å². The van der Waals surface area contributed by atoms with E-state index < -0.39 is 12.1 Å². The number of fused-ring (bicyclic) bond motifs is 2. The SMILES string of the molecule is O=C(COc1ccc2c(c1)CCC2)O[C@@H](C(=O)c1c[nH]c2ccccc12)c1ccccc1. The zero-order valence-corrected chi connectivity index (χ0v) is 17.5. The Bertz CT molecular complexity index is 1280. The summed E-state index contributed by atoms with van der Waals surface area (Å²) in [5.74, 6) is -0.228. The highest BCUT2D eigenvalue weighted by Gasteiger charge is 2.28. The molecule has 0 unspecified atom stereocenters. The summed E-state index contributed by atoms with van der Waals surface area (Å²) in [6, 6.07) is 22.5. The number of carbonyl (C=O) groups is 2. The number of carbonyl (C=O) groups excluding carboxylic acids is 2. The molecule has 4 aromatic rings. The van der Waals surface area contributed by atoms with E-state index in [2.05, 4.69) is 11.1 Å². The fraction of sp³-hybridized carbons (Fsp3) is 0.185. The number of benzene rings is 3. The molecule has 1 aliphatic rings. The van der Waals surface area contributed by atoms with Gasteiger partial charge in [0.2, 0.25) is 5.78 Å². The van der Waals surface area contributed by atoms with Crippen molar-refractivity contribution in [3.63, 3.8) is 0 Å². The third-order valence-corrected chi connectivity index (χ3v) is 5.87. The van der Waals surface area contributed by atoms with Crippen LogP contribution in [0.2, 0.25) is 0 Å². The first-order valence-corrected chi connectivity index (χ1v) is 10.8. The third kappa shape index (κ3) is 4.02. The van der Waals surface area contributed by atoms with Crippen LogP contribution in [-0.4, -0.2) is 23.3 Å². The molecule has 1 atom stereocenters. The smallest absolute Gasteiger partial charge is 0.345 e. The lowest BCUT2D eigenvalue weighted by Gasteiger charge is -2.17. The molecule has 0 spiro atoms. The van der Waals surface area contributed by atoms with Crippen LogP contribution in [0.4, 0.5) is 0 Å². The van der Waals surface area contributed by atoms with Crippen LogP contribution in [0, 0.1) is 0 Å². The molecule has 0 saturated heterocycles. The van der Waals surface area contributed by atoms with Gasteiger partial charge in [-0.1, -0.05) is 54.6 Å². The number of para-hydroxylation sites is 1. The van der Waals surface area contributed by atoms with Crippen LogP contribution < -0.4 is 4.74 Å². The fourth-order valence-corrected chi connectivity index (χ4v) is 4.26. The van der Waals surface area contributed by atoms with Gasteiger partial charge in [-0.05, 0) is 48.6 Å². The van der Waals surface area contributed by atoms with E-state index in [4.69, 9.17) is 9.47 Å². The molecular formula is C27H23NO4. The average molecular weight is 425 g/mol. The van der Waals surface area contributed by atoms with E-state index in [9.17, 15) is 9.59 Å². The molecule has 5 heteroatoms. The number of aromatic amines is 1. The third-order valence-electron chi connectivity index (χ3n) is 5.87. The number of aromatic nitrogens is 1. The van der Waals surface area contributed by atoms with E-state index in [1.54, 1.807) is 18.3 Å². The van der Waals surface area contributed by atoms with Crippen LogP contribution in [0.3, 0.4) is 0 Å². The molecule has 1 aliphatic carbocycles. The Morgan fingerprint density at radius 1 is 0.906 bits per heavy atom. The number of ketones is 1. The average Bonchev–Trinajstić information content (AvgIpc) is 3.48. The predicted molar refractivity (Wildman–Crippen MR) is 122 cm³/mol. The zero-order valence-electron chi connectivity index (χ0n) is 17.5. The maximum Gasteiger partial charge on any atom is 0.345 e. The van der Waals surface area contributed by atoms with E-state index in [1.807, 2.05) is 54.6 Å². The summed E-state index contributed by atoms with van der Waals surface area (Å²) in [4.78, 5) is 29.2. The Morgan fingerprint density at radius 2 is 1.69 bits per heavy atom. The largest absolute Gasteiger partial charge is 0.482 e. The standard InChI is InChI=1S/C27H23NO4/c29-25(17-31-21-14-13-18-9-6-10-20(18)15-21)32-27(19-7-2-1-3-8-19)26(30)23-16-28-24-12-5-4-11-22(23)24/h1-5,7-8,11-16,27-28H,6,9-10,17H2/t27-/m1/s1. The second kappa shape index (κ2) is 8.71. The molecule has 0 amide bonds. The summed E-state index contributed by atoms with van der Waals surface area (Å²) < 4.78 is 11.3. The summed E-state index contributed by atoms with van der Waals surface area (Å²) >= 11 is 0. The van der Waals surface area contributed by atoms with Crippen molar-refractivity contribution >= 4 is 22.7 Å². The summed E-state index contributed by atoms with van der Waals surface area (Å²) in [5, 5.41) is 0.795. The van der Waals surface area contributed by atoms with Crippen molar-refractivity contribution in [1.82, 2.24) is 4.98 Å². The van der Waals surface area contributed by atoms with Gasteiger partial charge in [0.15, 0.2) is 12.7 Å². The minimum Gasteiger partial charge on any atom is -0.482 e. The van der Waals surface area contributed by atoms with Crippen LogP contribution in [0.5, 0.6) is 5.75 Å². The molecule has 0 fully saturated rings. The monoisotopic (exact) mass is 425 g/mol. The normalized spacial score (nSPS) is 13.5. The number of nitrogens with one attached hydrogen (secondary N) is 1. The molecule has 32 heavy (non-hydrogen) atoms. The van der Waals surface area contributed by atoms with Crippen LogP contribution in [0.1, 0.15) is 39.6 Å². The first-order valence-electron chi connectivity index (χ1n) is 10.8. The molecule has 0 bridgehead atoms. The van der Waals surface area contributed by atoms with Gasteiger partial charge in [0, 0.05) is 28.2 Å². The van der Waals surface area contributed by atoms with Crippen molar-refractivity contribution in [3.05, 3.63) is 101 Å². The van der Waals surface area contributed by atoms with Gasteiger partial charge in [0.25, 0.3) is 0 Å². The van der Waals surface area contributed by atoms with Crippen LogP contribution in [-0.2, 0) is 22.4 Å². The van der Waals surface area contributed by atoms with Crippen molar-refractivity contribution in [2.24, 2.45) is 0 Å². The zero-order chi connectivity index (χ0) is 21.9. The molecule has 3 aromatic carbocycles. The highest BCUT2D eigenvalue weighted by atomic mass is 16.6. The van der Waals surface area contributed by atoms with Crippen LogP contribution in [0.15, 0.2) is 79.0 Å². The molecule has 1 aromatic heterocycles. The summed E-state index contributed by atoms with van der Waals surface area (Å²) in [6.07, 6.45) is 3.89. The number of rotatable bonds is 7. The molecule has 0 aliphatic heterocycles. The number of ether oxygens (including phenoxy) is 2. The van der Waals surface area contributed by atoms with Gasteiger partial charge < -0.3 is 14.5 Å². The predicted octanol–water partition coefficient (Wildman–Crippen LogP) is 5.20. The fourth-order valence-electron chi connectivity index (χ4n) is 4.26. The Hall–Kier alpha value is -3.86. The number of aryl methyl sites for hydroxylation is 2. The second-order valence-electron chi connectivity index (χ2n) is 7.97.